The van der Waals surface area contributed by atoms with Gasteiger partial charge in [0.05, 0.1) is 19.4 Å². The highest BCUT2D eigenvalue weighted by Crippen LogP contribution is 2.03. The van der Waals surface area contributed by atoms with Crippen molar-refractivity contribution < 1.29 is 19.8 Å². The predicted octanol–water partition coefficient (Wildman–Crippen LogP) is -0.001000. The highest BCUT2D eigenvalue weighted by atomic mass is 16.4. The first-order valence-corrected chi connectivity index (χ1v) is 10.4. The van der Waals surface area contributed by atoms with Crippen molar-refractivity contribution >= 4 is 17.8 Å². The van der Waals surface area contributed by atoms with Crippen LogP contribution in [0.1, 0.15) is 19.8 Å². The van der Waals surface area contributed by atoms with E-state index in [0.717, 1.165) is 0 Å². The van der Waals surface area contributed by atoms with Crippen molar-refractivity contribution in [2.75, 3.05) is 39.3 Å². The number of hydrogen-bond donors (Lipinski definition) is 2. The number of amidine groups is 1. The number of rotatable bonds is 9. The summed E-state index contributed by atoms with van der Waals surface area (Å²) >= 11 is 0. The van der Waals surface area contributed by atoms with Crippen molar-refractivity contribution in [3.05, 3.63) is 0 Å². The normalized spacial score (nSPS) is 9.89. The van der Waals surface area contributed by atoms with Gasteiger partial charge in [0, 0.05) is 32.7 Å². The topological polar surface area (TPSA) is 93.4 Å². The van der Waals surface area contributed by atoms with Gasteiger partial charge in [0.15, 0.2) is 5.84 Å². The van der Waals surface area contributed by atoms with E-state index >= 15 is 0 Å². The molecule has 0 aromatic rings. The van der Waals surface area contributed by atoms with Crippen molar-refractivity contribution in [2.45, 2.75) is 19.8 Å². The number of hydrogen-bond acceptors (Lipinski definition) is 5. The van der Waals surface area contributed by atoms with Gasteiger partial charge in [-0.2, -0.15) is 0 Å². The summed E-state index contributed by atoms with van der Waals surface area (Å²) in [5.74, 6) is 39.9. The fourth-order valence-electron chi connectivity index (χ4n) is 2.45. The molecule has 0 aromatic carbocycles. The average Bonchev–Trinajstić information content (AvgIpc) is 3.28. The molecule has 172 valence electrons. The number of nitrogens with zero attached hydrogens (tertiary/aromatic N) is 3. The number of aliphatic imine (C=N–C) groups is 1. The van der Waals surface area contributed by atoms with Crippen molar-refractivity contribution in [3.8, 4) is 94.7 Å². The van der Waals surface area contributed by atoms with E-state index in [9.17, 15) is 9.59 Å². The van der Waals surface area contributed by atoms with Gasteiger partial charge in [-0.1, -0.05) is 5.92 Å². The number of aliphatic carboxylic acids is 2. The molecule has 0 radical (unpaired) electrons. The van der Waals surface area contributed by atoms with E-state index < -0.39 is 11.9 Å². The standard InChI is InChI=1S/C28H21N3O4/c1-2-3-4-5-6-7-8-9-10-11-12-13-14-15-16-17-26-29-20-23-31(26)25-24-30(21-18-27(32)33)22-19-28(34)35/h18-25H2,1H3,(H,32,33)(H,34,35). The van der Waals surface area contributed by atoms with Gasteiger partial charge in [0.1, 0.15) is 0 Å². The van der Waals surface area contributed by atoms with Gasteiger partial charge in [0.25, 0.3) is 0 Å². The lowest BCUT2D eigenvalue weighted by atomic mass is 10.3. The van der Waals surface area contributed by atoms with Crippen LogP contribution < -0.4 is 0 Å². The molecule has 7 nitrogen and oxygen atoms in total. The summed E-state index contributed by atoms with van der Waals surface area (Å²) < 4.78 is 0. The van der Waals surface area contributed by atoms with Crippen LogP contribution in [0.4, 0.5) is 0 Å². The molecule has 1 aliphatic rings. The van der Waals surface area contributed by atoms with Crippen LogP contribution in [0, 0.1) is 94.7 Å². The summed E-state index contributed by atoms with van der Waals surface area (Å²) in [4.78, 5) is 29.8. The second-order valence-electron chi connectivity index (χ2n) is 6.45. The Bertz CT molecular complexity index is 1310. The van der Waals surface area contributed by atoms with E-state index in [1.807, 2.05) is 9.80 Å². The number of carbonyl (C=O) groups is 2. The van der Waals surface area contributed by atoms with Crippen molar-refractivity contribution in [3.63, 3.8) is 0 Å². The van der Waals surface area contributed by atoms with Gasteiger partial charge in [0.2, 0.25) is 0 Å². The second-order valence-corrected chi connectivity index (χ2v) is 6.45. The molecule has 0 bridgehead atoms. The molecule has 1 rings (SSSR count). The molecule has 2 N–H and O–H groups in total. The van der Waals surface area contributed by atoms with Crippen molar-refractivity contribution in [2.24, 2.45) is 4.99 Å². The van der Waals surface area contributed by atoms with Gasteiger partial charge < -0.3 is 20.0 Å². The fraction of sp³-hybridized carbons (Fsp3) is 0.321. The molecule has 0 atom stereocenters. The van der Waals surface area contributed by atoms with E-state index in [4.69, 9.17) is 10.2 Å². The van der Waals surface area contributed by atoms with Crippen LogP contribution in [0.5, 0.6) is 0 Å². The lowest BCUT2D eigenvalue weighted by Crippen LogP contribution is -2.38. The predicted molar refractivity (Wildman–Crippen MR) is 133 cm³/mol. The quantitative estimate of drug-likeness (QED) is 0.468. The fourth-order valence-corrected chi connectivity index (χ4v) is 2.45. The third-order valence-corrected chi connectivity index (χ3v) is 4.01. The second kappa shape index (κ2) is 18.4. The van der Waals surface area contributed by atoms with Crippen LogP contribution >= 0.6 is 0 Å². The van der Waals surface area contributed by atoms with Crippen LogP contribution in [-0.2, 0) is 9.59 Å². The zero-order valence-electron chi connectivity index (χ0n) is 19.2. The molecule has 1 aliphatic heterocycles. The van der Waals surface area contributed by atoms with E-state index in [1.54, 1.807) is 6.92 Å². The minimum atomic E-state index is -0.922. The monoisotopic (exact) mass is 463 g/mol. The first kappa shape index (κ1) is 27.9. The van der Waals surface area contributed by atoms with Gasteiger partial charge in [-0.15, -0.1) is 0 Å². The van der Waals surface area contributed by atoms with E-state index in [2.05, 4.69) is 99.7 Å². The molecule has 0 aromatic heterocycles. The van der Waals surface area contributed by atoms with E-state index in [-0.39, 0.29) is 25.9 Å². The third-order valence-electron chi connectivity index (χ3n) is 4.01. The van der Waals surface area contributed by atoms with Crippen LogP contribution in [0.15, 0.2) is 4.99 Å². The molecule has 1 heterocycles. The van der Waals surface area contributed by atoms with Gasteiger partial charge >= 0.3 is 11.9 Å². The lowest BCUT2D eigenvalue weighted by molar-refractivity contribution is -0.137. The summed E-state index contributed by atoms with van der Waals surface area (Å²) in [7, 11) is 0. The molecule has 0 aliphatic carbocycles. The highest BCUT2D eigenvalue weighted by molar-refractivity contribution is 6.00. The Balaban J connectivity index is 2.56. The Morgan fingerprint density at radius 3 is 1.69 bits per heavy atom. The molecule has 0 saturated carbocycles. The van der Waals surface area contributed by atoms with E-state index in [0.29, 0.717) is 32.0 Å². The minimum Gasteiger partial charge on any atom is -0.481 e. The maximum absolute atomic E-state index is 10.8. The summed E-state index contributed by atoms with van der Waals surface area (Å²) in [5, 5.41) is 17.8. The van der Waals surface area contributed by atoms with Crippen molar-refractivity contribution in [1.82, 2.24) is 9.80 Å². The van der Waals surface area contributed by atoms with Gasteiger partial charge in [-0.25, -0.2) is 0 Å². The zero-order valence-corrected chi connectivity index (χ0v) is 19.2. The lowest BCUT2D eigenvalue weighted by Gasteiger charge is -2.25. The molecular formula is C28H21N3O4. The molecule has 0 unspecified atom stereocenters. The maximum atomic E-state index is 10.8. The molecule has 0 saturated heterocycles. The Hall–Kier alpha value is -5.15. The average molecular weight is 463 g/mol. The number of carboxylic acid groups (broad SMARTS) is 2. The molecule has 35 heavy (non-hydrogen) atoms. The molecule has 0 spiro atoms. The Morgan fingerprint density at radius 2 is 1.23 bits per heavy atom. The summed E-state index contributed by atoms with van der Waals surface area (Å²) in [6, 6.07) is 0. The summed E-state index contributed by atoms with van der Waals surface area (Å²) in [6.45, 7) is 4.60. The Kier molecular flexibility index (Phi) is 14.7. The Morgan fingerprint density at radius 1 is 0.771 bits per heavy atom. The van der Waals surface area contributed by atoms with Crippen LogP contribution in [-0.4, -0.2) is 77.1 Å². The first-order chi connectivity index (χ1) is 17.0. The summed E-state index contributed by atoms with van der Waals surface area (Å²) in [6.07, 6.45) is -0.0985. The molecule has 7 heteroatoms. The van der Waals surface area contributed by atoms with Crippen molar-refractivity contribution in [1.29, 1.82) is 0 Å². The Labute approximate surface area is 206 Å². The SMILES string of the molecule is CC#CC#CC#CC#CC#CC#CC#CC#CC1=NCCN1CCN(CCC(=O)O)CCC(=O)O. The van der Waals surface area contributed by atoms with Crippen LogP contribution in [0.25, 0.3) is 0 Å². The molecule has 0 amide bonds. The smallest absolute Gasteiger partial charge is 0.304 e. The minimum absolute atomic E-state index is 0.0492. The van der Waals surface area contributed by atoms with Crippen LogP contribution in [0.2, 0.25) is 0 Å². The zero-order chi connectivity index (χ0) is 25.6. The van der Waals surface area contributed by atoms with Gasteiger partial charge in [-0.3, -0.25) is 14.6 Å². The maximum Gasteiger partial charge on any atom is 0.304 e. The van der Waals surface area contributed by atoms with Gasteiger partial charge in [-0.05, 0) is 95.7 Å². The molecular weight excluding hydrogens is 442 g/mol. The van der Waals surface area contributed by atoms with E-state index in [1.165, 1.54) is 0 Å². The third kappa shape index (κ3) is 15.3. The molecule has 0 fully saturated rings. The number of carboxylic acids is 2. The van der Waals surface area contributed by atoms with Crippen LogP contribution in [0.3, 0.4) is 0 Å². The summed E-state index contributed by atoms with van der Waals surface area (Å²) in [5.41, 5.74) is 0. The highest BCUT2D eigenvalue weighted by Gasteiger charge is 2.17. The largest absolute Gasteiger partial charge is 0.481 e. The first-order valence-electron chi connectivity index (χ1n) is 10.4.